The quantitative estimate of drug-likeness (QED) is 0.938. The van der Waals surface area contributed by atoms with Crippen LogP contribution in [0.15, 0.2) is 36.9 Å². The van der Waals surface area contributed by atoms with Crippen molar-refractivity contribution in [1.29, 1.82) is 0 Å². The minimum Gasteiger partial charge on any atom is -0.381 e. The summed E-state index contributed by atoms with van der Waals surface area (Å²) in [4.78, 5) is 6.57. The molecule has 112 valence electrons. The van der Waals surface area contributed by atoms with E-state index in [-0.39, 0.29) is 0 Å². The monoisotopic (exact) mass is 285 g/mol. The maximum absolute atomic E-state index is 4.24. The van der Waals surface area contributed by atoms with Gasteiger partial charge in [-0.15, -0.1) is 0 Å². The molecule has 5 heteroatoms. The lowest BCUT2D eigenvalue weighted by atomic mass is 10.1. The van der Waals surface area contributed by atoms with E-state index in [1.807, 2.05) is 10.7 Å². The Morgan fingerprint density at radius 3 is 2.95 bits per heavy atom. The number of likely N-dealkylation sites (tertiary alicyclic amines) is 1. The average Bonchev–Trinajstić information content (AvgIpc) is 2.95. The van der Waals surface area contributed by atoms with Crippen molar-refractivity contribution in [1.82, 2.24) is 19.7 Å². The maximum Gasteiger partial charge on any atom is 0.138 e. The van der Waals surface area contributed by atoms with Gasteiger partial charge in [0.2, 0.25) is 0 Å². The van der Waals surface area contributed by atoms with Crippen molar-refractivity contribution >= 4 is 5.69 Å². The second-order valence-corrected chi connectivity index (χ2v) is 5.56. The topological polar surface area (TPSA) is 46.0 Å². The van der Waals surface area contributed by atoms with E-state index >= 15 is 0 Å². The van der Waals surface area contributed by atoms with Crippen molar-refractivity contribution in [3.05, 3.63) is 36.9 Å². The minimum absolute atomic E-state index is 0.534. The Morgan fingerprint density at radius 2 is 2.14 bits per heavy atom. The summed E-state index contributed by atoms with van der Waals surface area (Å²) in [6.45, 7) is 5.80. The number of hydrogen-bond acceptors (Lipinski definition) is 4. The summed E-state index contributed by atoms with van der Waals surface area (Å²) in [6, 6.07) is 8.84. The van der Waals surface area contributed by atoms with Crippen LogP contribution in [0.2, 0.25) is 0 Å². The first-order chi connectivity index (χ1) is 10.4. The van der Waals surface area contributed by atoms with E-state index < -0.39 is 0 Å². The molecule has 1 aliphatic heterocycles. The van der Waals surface area contributed by atoms with E-state index in [0.717, 1.165) is 17.9 Å². The van der Waals surface area contributed by atoms with Gasteiger partial charge in [-0.1, -0.05) is 19.1 Å². The van der Waals surface area contributed by atoms with Crippen LogP contribution in [0.25, 0.3) is 5.69 Å². The van der Waals surface area contributed by atoms with Crippen LogP contribution in [0.1, 0.15) is 26.2 Å². The zero-order valence-electron chi connectivity index (χ0n) is 12.6. The van der Waals surface area contributed by atoms with Crippen molar-refractivity contribution in [2.24, 2.45) is 0 Å². The molecule has 1 unspecified atom stereocenters. The van der Waals surface area contributed by atoms with Crippen LogP contribution < -0.4 is 5.32 Å². The highest BCUT2D eigenvalue weighted by Gasteiger charge is 2.17. The predicted octanol–water partition coefficient (Wildman–Crippen LogP) is 2.55. The number of nitrogens with zero attached hydrogens (tertiary/aromatic N) is 4. The van der Waals surface area contributed by atoms with Crippen LogP contribution in [0, 0.1) is 0 Å². The van der Waals surface area contributed by atoms with Crippen LogP contribution in [0.3, 0.4) is 0 Å². The van der Waals surface area contributed by atoms with E-state index in [9.17, 15) is 0 Å². The van der Waals surface area contributed by atoms with Gasteiger partial charge in [0.15, 0.2) is 0 Å². The van der Waals surface area contributed by atoms with Gasteiger partial charge in [0.1, 0.15) is 12.7 Å². The zero-order chi connectivity index (χ0) is 14.5. The van der Waals surface area contributed by atoms with Gasteiger partial charge in [-0.3, -0.25) is 0 Å². The van der Waals surface area contributed by atoms with E-state index in [4.69, 9.17) is 0 Å². The number of benzene rings is 1. The molecule has 0 bridgehead atoms. The molecule has 1 fully saturated rings. The molecule has 1 aliphatic rings. The summed E-state index contributed by atoms with van der Waals surface area (Å²) < 4.78 is 1.82. The van der Waals surface area contributed by atoms with Crippen LogP contribution in [-0.4, -0.2) is 45.3 Å². The second kappa shape index (κ2) is 6.72. The van der Waals surface area contributed by atoms with Gasteiger partial charge in [-0.05, 0) is 44.5 Å². The lowest BCUT2D eigenvalue weighted by Crippen LogP contribution is -2.26. The predicted molar refractivity (Wildman–Crippen MR) is 84.7 cm³/mol. The highest BCUT2D eigenvalue weighted by molar-refractivity contribution is 5.60. The molecule has 2 heterocycles. The molecule has 1 saturated heterocycles. The molecule has 0 amide bonds. The summed E-state index contributed by atoms with van der Waals surface area (Å²) in [5.74, 6) is 0. The molecule has 3 rings (SSSR count). The van der Waals surface area contributed by atoms with Crippen molar-refractivity contribution in [2.75, 3.05) is 25.0 Å². The first-order valence-corrected chi connectivity index (χ1v) is 7.79. The third-order valence-electron chi connectivity index (χ3n) is 4.20. The van der Waals surface area contributed by atoms with Crippen LogP contribution in [0.4, 0.5) is 5.69 Å². The number of para-hydroxylation sites is 2. The van der Waals surface area contributed by atoms with Crippen molar-refractivity contribution in [3.63, 3.8) is 0 Å². The SMILES string of the molecule is CCN1CCCC(Nc2ccccc2-n2cncn2)CC1. The largest absolute Gasteiger partial charge is 0.381 e. The standard InChI is InChI=1S/C16H23N5/c1-2-20-10-5-6-14(9-11-20)19-15-7-3-4-8-16(15)21-13-17-12-18-21/h3-4,7-8,12-14,19H,2,5-6,9-11H2,1H3. The fourth-order valence-corrected chi connectivity index (χ4v) is 2.96. The number of hydrogen-bond donors (Lipinski definition) is 1. The molecule has 1 aromatic carbocycles. The molecule has 2 aromatic rings. The van der Waals surface area contributed by atoms with Gasteiger partial charge in [-0.25, -0.2) is 9.67 Å². The minimum atomic E-state index is 0.534. The van der Waals surface area contributed by atoms with Gasteiger partial charge >= 0.3 is 0 Å². The molecular weight excluding hydrogens is 262 g/mol. The highest BCUT2D eigenvalue weighted by atomic mass is 15.3. The van der Waals surface area contributed by atoms with Gasteiger partial charge in [0, 0.05) is 12.6 Å². The van der Waals surface area contributed by atoms with Gasteiger partial charge in [-0.2, -0.15) is 5.10 Å². The van der Waals surface area contributed by atoms with Gasteiger partial charge < -0.3 is 10.2 Å². The lowest BCUT2D eigenvalue weighted by molar-refractivity contribution is 0.300. The number of nitrogens with one attached hydrogen (secondary N) is 1. The molecule has 5 nitrogen and oxygen atoms in total. The summed E-state index contributed by atoms with van der Waals surface area (Å²) in [7, 11) is 0. The molecule has 0 saturated carbocycles. The van der Waals surface area contributed by atoms with E-state index in [2.05, 4.69) is 45.4 Å². The Bertz CT molecular complexity index is 552. The summed E-state index contributed by atoms with van der Waals surface area (Å²) >= 11 is 0. The van der Waals surface area contributed by atoms with Crippen molar-refractivity contribution < 1.29 is 0 Å². The molecule has 1 atom stereocenters. The molecule has 0 radical (unpaired) electrons. The Hall–Kier alpha value is -1.88. The third kappa shape index (κ3) is 3.42. The first kappa shape index (κ1) is 14.1. The molecule has 1 aromatic heterocycles. The summed E-state index contributed by atoms with van der Waals surface area (Å²) in [6.07, 6.45) is 6.99. The van der Waals surface area contributed by atoms with Crippen LogP contribution >= 0.6 is 0 Å². The first-order valence-electron chi connectivity index (χ1n) is 7.79. The molecule has 0 spiro atoms. The smallest absolute Gasteiger partial charge is 0.138 e. The van der Waals surface area contributed by atoms with E-state index in [0.29, 0.717) is 6.04 Å². The highest BCUT2D eigenvalue weighted by Crippen LogP contribution is 2.22. The molecule has 1 N–H and O–H groups in total. The summed E-state index contributed by atoms with van der Waals surface area (Å²) in [5.41, 5.74) is 2.20. The number of anilines is 1. The Balaban J connectivity index is 1.73. The fourth-order valence-electron chi connectivity index (χ4n) is 2.96. The Labute approximate surface area is 126 Å². The van der Waals surface area contributed by atoms with E-state index in [1.54, 1.807) is 12.7 Å². The van der Waals surface area contributed by atoms with Crippen molar-refractivity contribution in [3.8, 4) is 5.69 Å². The van der Waals surface area contributed by atoms with Crippen LogP contribution in [-0.2, 0) is 0 Å². The molecular formula is C16H23N5. The summed E-state index contributed by atoms with van der Waals surface area (Å²) in [5, 5.41) is 7.95. The van der Waals surface area contributed by atoms with E-state index in [1.165, 1.54) is 32.4 Å². The van der Waals surface area contributed by atoms with Crippen LogP contribution in [0.5, 0.6) is 0 Å². The fraction of sp³-hybridized carbons (Fsp3) is 0.500. The van der Waals surface area contributed by atoms with Gasteiger partial charge in [0.25, 0.3) is 0 Å². The molecule has 21 heavy (non-hydrogen) atoms. The normalized spacial score (nSPS) is 20.1. The Kier molecular flexibility index (Phi) is 4.50. The average molecular weight is 285 g/mol. The second-order valence-electron chi connectivity index (χ2n) is 5.56. The third-order valence-corrected chi connectivity index (χ3v) is 4.20. The Morgan fingerprint density at radius 1 is 1.24 bits per heavy atom. The number of aromatic nitrogens is 3. The lowest BCUT2D eigenvalue weighted by Gasteiger charge is -2.20. The zero-order valence-corrected chi connectivity index (χ0v) is 12.6. The van der Waals surface area contributed by atoms with Crippen molar-refractivity contribution in [2.45, 2.75) is 32.2 Å². The molecule has 0 aliphatic carbocycles. The maximum atomic E-state index is 4.24. The van der Waals surface area contributed by atoms with Gasteiger partial charge in [0.05, 0.1) is 11.4 Å². The number of rotatable bonds is 4.